The highest BCUT2D eigenvalue weighted by Crippen LogP contribution is 2.23. The van der Waals surface area contributed by atoms with Crippen LogP contribution in [0.5, 0.6) is 0 Å². The van der Waals surface area contributed by atoms with Crippen molar-refractivity contribution < 1.29 is 23.4 Å². The Hall–Kier alpha value is -1.49. The SMILES string of the molecule is COCc1ccc(C(C)C(=O)O)c(F)c1F. The predicted molar refractivity (Wildman–Crippen MR) is 53.1 cm³/mol. The first kappa shape index (κ1) is 12.6. The van der Waals surface area contributed by atoms with Crippen LogP contribution in [0.2, 0.25) is 0 Å². The zero-order valence-corrected chi connectivity index (χ0v) is 8.96. The van der Waals surface area contributed by atoms with E-state index in [0.29, 0.717) is 0 Å². The normalized spacial score (nSPS) is 12.5. The van der Waals surface area contributed by atoms with Crippen LogP contribution in [-0.4, -0.2) is 18.2 Å². The summed E-state index contributed by atoms with van der Waals surface area (Å²) in [5, 5.41) is 8.71. The molecule has 0 aliphatic rings. The van der Waals surface area contributed by atoms with Gasteiger partial charge in [0.2, 0.25) is 0 Å². The van der Waals surface area contributed by atoms with Crippen molar-refractivity contribution in [3.8, 4) is 0 Å². The second kappa shape index (κ2) is 5.03. The van der Waals surface area contributed by atoms with Gasteiger partial charge in [-0.3, -0.25) is 4.79 Å². The standard InChI is InChI=1S/C11H12F2O3/c1-6(11(14)15)8-4-3-7(5-16-2)9(12)10(8)13/h3-4,6H,5H2,1-2H3,(H,14,15). The van der Waals surface area contributed by atoms with Crippen LogP contribution in [0.25, 0.3) is 0 Å². The van der Waals surface area contributed by atoms with Gasteiger partial charge in [0.1, 0.15) is 0 Å². The van der Waals surface area contributed by atoms with E-state index >= 15 is 0 Å². The number of ether oxygens (including phenoxy) is 1. The lowest BCUT2D eigenvalue weighted by Gasteiger charge is -2.10. The smallest absolute Gasteiger partial charge is 0.310 e. The van der Waals surface area contributed by atoms with Gasteiger partial charge in [0, 0.05) is 18.2 Å². The summed E-state index contributed by atoms with van der Waals surface area (Å²) in [4.78, 5) is 10.7. The van der Waals surface area contributed by atoms with E-state index in [0.717, 1.165) is 0 Å². The van der Waals surface area contributed by atoms with Crippen molar-refractivity contribution in [3.63, 3.8) is 0 Å². The zero-order chi connectivity index (χ0) is 12.3. The molecule has 16 heavy (non-hydrogen) atoms. The van der Waals surface area contributed by atoms with E-state index in [1.807, 2.05) is 0 Å². The molecule has 0 fully saturated rings. The van der Waals surface area contributed by atoms with Crippen LogP contribution in [0.4, 0.5) is 8.78 Å². The molecule has 88 valence electrons. The third-order valence-electron chi connectivity index (χ3n) is 2.33. The molecule has 0 spiro atoms. The predicted octanol–water partition coefficient (Wildman–Crippen LogP) is 2.30. The number of rotatable bonds is 4. The van der Waals surface area contributed by atoms with Crippen LogP contribution in [0.1, 0.15) is 24.0 Å². The fourth-order valence-corrected chi connectivity index (χ4v) is 1.34. The molecule has 1 unspecified atom stereocenters. The lowest BCUT2D eigenvalue weighted by atomic mass is 9.99. The summed E-state index contributed by atoms with van der Waals surface area (Å²) in [6.07, 6.45) is 0. The van der Waals surface area contributed by atoms with Gasteiger partial charge in [-0.2, -0.15) is 0 Å². The molecule has 1 aromatic rings. The summed E-state index contributed by atoms with van der Waals surface area (Å²) in [7, 11) is 1.37. The molecule has 0 amide bonds. The van der Waals surface area contributed by atoms with Crippen molar-refractivity contribution in [2.75, 3.05) is 7.11 Å². The van der Waals surface area contributed by atoms with Crippen LogP contribution in [0.15, 0.2) is 12.1 Å². The van der Waals surface area contributed by atoms with Crippen LogP contribution in [0, 0.1) is 11.6 Å². The van der Waals surface area contributed by atoms with E-state index in [1.54, 1.807) is 0 Å². The summed E-state index contributed by atoms with van der Waals surface area (Å²) < 4.78 is 31.6. The minimum absolute atomic E-state index is 0.0511. The van der Waals surface area contributed by atoms with Crippen molar-refractivity contribution in [1.29, 1.82) is 0 Å². The number of hydrogen-bond donors (Lipinski definition) is 1. The van der Waals surface area contributed by atoms with Crippen LogP contribution in [0.3, 0.4) is 0 Å². The van der Waals surface area contributed by atoms with Crippen LogP contribution < -0.4 is 0 Å². The maximum Gasteiger partial charge on any atom is 0.310 e. The summed E-state index contributed by atoms with van der Waals surface area (Å²) in [5.41, 5.74) is -0.0915. The zero-order valence-electron chi connectivity index (χ0n) is 8.96. The monoisotopic (exact) mass is 230 g/mol. The fraction of sp³-hybridized carbons (Fsp3) is 0.364. The van der Waals surface area contributed by atoms with Gasteiger partial charge in [-0.1, -0.05) is 12.1 Å². The highest BCUT2D eigenvalue weighted by molar-refractivity contribution is 5.75. The molecule has 5 heteroatoms. The maximum atomic E-state index is 13.5. The van der Waals surface area contributed by atoms with Gasteiger partial charge >= 0.3 is 5.97 Å². The first-order chi connectivity index (χ1) is 7.49. The first-order valence-corrected chi connectivity index (χ1v) is 4.67. The van der Waals surface area contributed by atoms with Gasteiger partial charge in [0.25, 0.3) is 0 Å². The first-order valence-electron chi connectivity index (χ1n) is 4.67. The summed E-state index contributed by atoms with van der Waals surface area (Å²) in [6, 6.07) is 2.60. The van der Waals surface area contributed by atoms with Gasteiger partial charge in [-0.25, -0.2) is 8.78 Å². The molecule has 0 aromatic heterocycles. The van der Waals surface area contributed by atoms with Crippen molar-refractivity contribution in [2.45, 2.75) is 19.4 Å². The maximum absolute atomic E-state index is 13.5. The molecule has 0 aliphatic carbocycles. The quantitative estimate of drug-likeness (QED) is 0.863. The van der Waals surface area contributed by atoms with E-state index in [4.69, 9.17) is 5.11 Å². The number of hydrogen-bond acceptors (Lipinski definition) is 2. The molecule has 1 N–H and O–H groups in total. The molecule has 0 aliphatic heterocycles. The van der Waals surface area contributed by atoms with Gasteiger partial charge < -0.3 is 9.84 Å². The summed E-state index contributed by atoms with van der Waals surface area (Å²) in [5.74, 6) is -4.44. The summed E-state index contributed by atoms with van der Waals surface area (Å²) in [6.45, 7) is 1.25. The molecule has 0 radical (unpaired) electrons. The number of aliphatic carboxylic acids is 1. The fourth-order valence-electron chi connectivity index (χ4n) is 1.34. The second-order valence-electron chi connectivity index (χ2n) is 3.43. The van der Waals surface area contributed by atoms with Crippen LogP contribution in [-0.2, 0) is 16.1 Å². The highest BCUT2D eigenvalue weighted by atomic mass is 19.2. The average Bonchev–Trinajstić information content (AvgIpc) is 2.24. The lowest BCUT2D eigenvalue weighted by Crippen LogP contribution is -2.11. The van der Waals surface area contributed by atoms with Crippen molar-refractivity contribution in [3.05, 3.63) is 34.9 Å². The Morgan fingerprint density at radius 2 is 2.06 bits per heavy atom. The molecular formula is C11H12F2O3. The lowest BCUT2D eigenvalue weighted by molar-refractivity contribution is -0.138. The molecule has 1 aromatic carbocycles. The Morgan fingerprint density at radius 1 is 1.44 bits per heavy atom. The van der Waals surface area contributed by atoms with E-state index in [-0.39, 0.29) is 17.7 Å². The van der Waals surface area contributed by atoms with Crippen molar-refractivity contribution >= 4 is 5.97 Å². The summed E-state index contributed by atoms with van der Waals surface area (Å²) >= 11 is 0. The van der Waals surface area contributed by atoms with Gasteiger partial charge in [-0.05, 0) is 6.92 Å². The number of benzene rings is 1. The third kappa shape index (κ3) is 2.36. The number of halogens is 2. The van der Waals surface area contributed by atoms with Crippen molar-refractivity contribution in [2.24, 2.45) is 0 Å². The number of methoxy groups -OCH3 is 1. The second-order valence-corrected chi connectivity index (χ2v) is 3.43. The Morgan fingerprint density at radius 3 is 2.56 bits per heavy atom. The molecule has 0 saturated carbocycles. The number of carbonyl (C=O) groups is 1. The van der Waals surface area contributed by atoms with E-state index in [2.05, 4.69) is 4.74 Å². The molecule has 1 rings (SSSR count). The van der Waals surface area contributed by atoms with E-state index in [1.165, 1.54) is 26.2 Å². The van der Waals surface area contributed by atoms with E-state index in [9.17, 15) is 13.6 Å². The molecule has 1 atom stereocenters. The largest absolute Gasteiger partial charge is 0.481 e. The highest BCUT2D eigenvalue weighted by Gasteiger charge is 2.21. The van der Waals surface area contributed by atoms with Gasteiger partial charge in [0.15, 0.2) is 11.6 Å². The Balaban J connectivity index is 3.16. The van der Waals surface area contributed by atoms with Crippen LogP contribution >= 0.6 is 0 Å². The number of carboxylic acids is 1. The molecule has 0 bridgehead atoms. The van der Waals surface area contributed by atoms with Gasteiger partial charge in [-0.15, -0.1) is 0 Å². The Kier molecular flexibility index (Phi) is 3.95. The van der Waals surface area contributed by atoms with Gasteiger partial charge in [0.05, 0.1) is 12.5 Å². The molecule has 0 saturated heterocycles. The minimum Gasteiger partial charge on any atom is -0.481 e. The van der Waals surface area contributed by atoms with Crippen molar-refractivity contribution in [1.82, 2.24) is 0 Å². The van der Waals surface area contributed by atoms with E-state index < -0.39 is 23.5 Å². The third-order valence-corrected chi connectivity index (χ3v) is 2.33. The topological polar surface area (TPSA) is 46.5 Å². The average molecular weight is 230 g/mol. The Labute approximate surface area is 91.7 Å². The number of carboxylic acid groups (broad SMARTS) is 1. The molecule has 3 nitrogen and oxygen atoms in total. The molecule has 0 heterocycles. The minimum atomic E-state index is -1.20. The Bertz CT molecular complexity index is 404. The molecular weight excluding hydrogens is 218 g/mol.